The molecular formula is C8H6F5IN2O. The number of nitrogens with two attached hydrogens (primary N) is 1. The van der Waals surface area contributed by atoms with Crippen molar-refractivity contribution in [1.29, 1.82) is 0 Å². The van der Waals surface area contributed by atoms with Gasteiger partial charge in [-0.25, -0.2) is 8.78 Å². The van der Waals surface area contributed by atoms with Gasteiger partial charge in [0.15, 0.2) is 5.75 Å². The van der Waals surface area contributed by atoms with E-state index in [1.807, 2.05) is 0 Å². The minimum Gasteiger partial charge on any atom is -0.404 e. The van der Waals surface area contributed by atoms with Crippen molar-refractivity contribution in [3.8, 4) is 5.75 Å². The van der Waals surface area contributed by atoms with Crippen LogP contribution in [0.15, 0.2) is 6.20 Å². The van der Waals surface area contributed by atoms with Crippen LogP contribution >= 0.6 is 22.6 Å². The smallest absolute Gasteiger partial charge is 0.404 e. The molecule has 0 radical (unpaired) electrons. The Kier molecular flexibility index (Phi) is 4.47. The highest BCUT2D eigenvalue weighted by Crippen LogP contribution is 2.35. The van der Waals surface area contributed by atoms with Gasteiger partial charge in [-0.1, -0.05) is 0 Å². The van der Waals surface area contributed by atoms with Crippen molar-refractivity contribution in [2.75, 3.05) is 0 Å². The summed E-state index contributed by atoms with van der Waals surface area (Å²) in [5, 5.41) is 0. The Bertz CT molecular complexity index is 410. The fourth-order valence-electron chi connectivity index (χ4n) is 1.04. The largest absolute Gasteiger partial charge is 0.573 e. The summed E-state index contributed by atoms with van der Waals surface area (Å²) >= 11 is 1.32. The summed E-state index contributed by atoms with van der Waals surface area (Å²) in [6, 6.07) is 0. The van der Waals surface area contributed by atoms with Gasteiger partial charge in [0.05, 0.1) is 3.57 Å². The monoisotopic (exact) mass is 368 g/mol. The molecule has 0 amide bonds. The molecule has 0 aromatic carbocycles. The zero-order valence-corrected chi connectivity index (χ0v) is 10.2. The van der Waals surface area contributed by atoms with Gasteiger partial charge in [0, 0.05) is 18.3 Å². The second-order valence-electron chi connectivity index (χ2n) is 2.86. The highest BCUT2D eigenvalue weighted by molar-refractivity contribution is 14.1. The molecule has 0 unspecified atom stereocenters. The molecule has 17 heavy (non-hydrogen) atoms. The van der Waals surface area contributed by atoms with Gasteiger partial charge in [-0.3, -0.25) is 4.98 Å². The quantitative estimate of drug-likeness (QED) is 0.659. The van der Waals surface area contributed by atoms with E-state index in [1.165, 1.54) is 22.6 Å². The molecule has 0 saturated heterocycles. The first-order valence-corrected chi connectivity index (χ1v) is 5.25. The van der Waals surface area contributed by atoms with Gasteiger partial charge >= 0.3 is 6.36 Å². The van der Waals surface area contributed by atoms with Crippen molar-refractivity contribution in [1.82, 2.24) is 4.98 Å². The topological polar surface area (TPSA) is 48.1 Å². The molecule has 0 aliphatic carbocycles. The van der Waals surface area contributed by atoms with Gasteiger partial charge in [-0.15, -0.1) is 13.2 Å². The van der Waals surface area contributed by atoms with Gasteiger partial charge in [-0.05, 0) is 22.6 Å². The number of hydrogen-bond donors (Lipinski definition) is 1. The van der Waals surface area contributed by atoms with Crippen LogP contribution < -0.4 is 10.5 Å². The van der Waals surface area contributed by atoms with Crippen molar-refractivity contribution in [3.63, 3.8) is 0 Å². The lowest BCUT2D eigenvalue weighted by Gasteiger charge is -2.15. The van der Waals surface area contributed by atoms with Crippen LogP contribution in [0.4, 0.5) is 22.0 Å². The molecule has 1 aromatic heterocycles. The minimum absolute atomic E-state index is 0.0869. The molecule has 2 N–H and O–H groups in total. The summed E-state index contributed by atoms with van der Waals surface area (Å²) in [6.07, 6.45) is -7.10. The first-order chi connectivity index (χ1) is 7.76. The summed E-state index contributed by atoms with van der Waals surface area (Å²) in [5.41, 5.74) is 4.34. The van der Waals surface area contributed by atoms with E-state index >= 15 is 0 Å². The molecule has 0 aliphatic rings. The maximum absolute atomic E-state index is 12.4. The minimum atomic E-state index is -4.97. The lowest BCUT2D eigenvalue weighted by molar-refractivity contribution is -0.275. The average Bonchev–Trinajstić information content (AvgIpc) is 2.18. The highest BCUT2D eigenvalue weighted by atomic mass is 127. The lowest BCUT2D eigenvalue weighted by atomic mass is 10.2. The van der Waals surface area contributed by atoms with Crippen molar-refractivity contribution >= 4 is 22.6 Å². The number of nitrogens with zero attached hydrogens (tertiary/aromatic N) is 1. The van der Waals surface area contributed by atoms with Crippen LogP contribution in [0.3, 0.4) is 0 Å². The van der Waals surface area contributed by atoms with Gasteiger partial charge < -0.3 is 10.5 Å². The standard InChI is InChI=1S/C8H6F5IN2O/c9-7(10)5-4(14)6(17-8(11,12)13)3(1-15)2-16-5/h2,7H,1,15H2. The normalized spacial score (nSPS) is 12.0. The summed E-state index contributed by atoms with van der Waals surface area (Å²) < 4.78 is 64.5. The predicted octanol–water partition coefficient (Wildman–Crippen LogP) is 2.98. The Morgan fingerprint density at radius 1 is 1.41 bits per heavy atom. The van der Waals surface area contributed by atoms with Crippen LogP contribution in [-0.2, 0) is 6.54 Å². The summed E-state index contributed by atoms with van der Waals surface area (Å²) in [4.78, 5) is 3.35. The van der Waals surface area contributed by atoms with Crippen LogP contribution in [0, 0.1) is 3.57 Å². The van der Waals surface area contributed by atoms with E-state index in [2.05, 4.69) is 9.72 Å². The van der Waals surface area contributed by atoms with E-state index in [4.69, 9.17) is 5.73 Å². The van der Waals surface area contributed by atoms with Crippen molar-refractivity contribution in [2.45, 2.75) is 19.3 Å². The van der Waals surface area contributed by atoms with Crippen LogP contribution in [0.2, 0.25) is 0 Å². The van der Waals surface area contributed by atoms with Crippen molar-refractivity contribution in [2.24, 2.45) is 5.73 Å². The number of ether oxygens (including phenoxy) is 1. The third-order valence-corrected chi connectivity index (χ3v) is 2.76. The van der Waals surface area contributed by atoms with Crippen molar-refractivity contribution < 1.29 is 26.7 Å². The summed E-state index contributed by atoms with van der Waals surface area (Å²) in [6.45, 7) is -0.294. The fourth-order valence-corrected chi connectivity index (χ4v) is 1.87. The second-order valence-corrected chi connectivity index (χ2v) is 3.94. The second kappa shape index (κ2) is 5.29. The molecule has 3 nitrogen and oxygen atoms in total. The van der Waals surface area contributed by atoms with E-state index in [1.54, 1.807) is 0 Å². The van der Waals surface area contributed by atoms with Gasteiger partial charge in [-0.2, -0.15) is 0 Å². The van der Waals surface area contributed by atoms with E-state index in [-0.39, 0.29) is 12.1 Å². The molecule has 0 atom stereocenters. The number of aromatic nitrogens is 1. The first-order valence-electron chi connectivity index (χ1n) is 4.17. The number of hydrogen-bond acceptors (Lipinski definition) is 3. The average molecular weight is 368 g/mol. The summed E-state index contributed by atoms with van der Waals surface area (Å²) in [7, 11) is 0. The number of halogens is 6. The molecule has 0 saturated carbocycles. The molecule has 1 heterocycles. The number of rotatable bonds is 3. The Hall–Kier alpha value is -0.710. The van der Waals surface area contributed by atoms with Crippen LogP contribution in [0.25, 0.3) is 0 Å². The third-order valence-electron chi connectivity index (χ3n) is 1.72. The zero-order valence-electron chi connectivity index (χ0n) is 8.06. The van der Waals surface area contributed by atoms with E-state index < -0.39 is 27.8 Å². The van der Waals surface area contributed by atoms with Gasteiger partial charge in [0.2, 0.25) is 0 Å². The van der Waals surface area contributed by atoms with Crippen molar-refractivity contribution in [3.05, 3.63) is 21.0 Å². The van der Waals surface area contributed by atoms with E-state index in [0.717, 1.165) is 6.20 Å². The molecule has 0 spiro atoms. The van der Waals surface area contributed by atoms with Gasteiger partial charge in [0.1, 0.15) is 5.69 Å². The highest BCUT2D eigenvalue weighted by Gasteiger charge is 2.34. The predicted molar refractivity (Wildman–Crippen MR) is 56.5 cm³/mol. The molecule has 0 fully saturated rings. The maximum Gasteiger partial charge on any atom is 0.573 e. The van der Waals surface area contributed by atoms with Crippen LogP contribution in [0.5, 0.6) is 5.75 Å². The number of alkyl halides is 5. The Morgan fingerprint density at radius 3 is 2.41 bits per heavy atom. The molecule has 0 bridgehead atoms. The zero-order chi connectivity index (χ0) is 13.2. The molecule has 1 rings (SSSR count). The van der Waals surface area contributed by atoms with Crippen LogP contribution in [0.1, 0.15) is 17.7 Å². The Balaban J connectivity index is 3.28. The van der Waals surface area contributed by atoms with E-state index in [9.17, 15) is 22.0 Å². The third kappa shape index (κ3) is 3.63. The molecule has 96 valence electrons. The Morgan fingerprint density at radius 2 is 2.00 bits per heavy atom. The molecule has 0 aliphatic heterocycles. The lowest BCUT2D eigenvalue weighted by Crippen LogP contribution is -2.20. The molecule has 1 aromatic rings. The molecule has 9 heteroatoms. The first kappa shape index (κ1) is 14.4. The van der Waals surface area contributed by atoms with Crippen LogP contribution in [-0.4, -0.2) is 11.3 Å². The Labute approximate surface area is 106 Å². The van der Waals surface area contributed by atoms with Gasteiger partial charge in [0.25, 0.3) is 6.43 Å². The summed E-state index contributed by atoms with van der Waals surface area (Å²) in [5.74, 6) is -0.717. The number of pyridine rings is 1. The maximum atomic E-state index is 12.4. The fraction of sp³-hybridized carbons (Fsp3) is 0.375. The molecular weight excluding hydrogens is 362 g/mol. The van der Waals surface area contributed by atoms with E-state index in [0.29, 0.717) is 0 Å². The SMILES string of the molecule is NCc1cnc(C(F)F)c(I)c1OC(F)(F)F.